The number of carbonyl (C=O) groups excluding carboxylic acids is 1. The standard InChI is InChI=1S/C58H34N4O2/c63-55-51(39-25-23-31-15-9-21-47-49(31)53(39)61-57(59-47)43-19-7-5-17-37(43)41-27-33-11-1-3-13-35(33)29-45(41)57)56(64)52(55)40-26-24-32-16-10-22-48-50(32)54(40)62-58(60-48)44-20-8-6-18-38(44)42-28-34-12-2-4-14-36(34)30-46(42)58/h1-30,59,61-63H/b52-40+. The molecule has 10 aromatic rings. The fourth-order valence-corrected chi connectivity index (χ4v) is 11.8. The Hall–Kier alpha value is -8.48. The van der Waals surface area contributed by atoms with Crippen LogP contribution >= 0.6 is 0 Å². The Balaban J connectivity index is 0.950. The predicted molar refractivity (Wildman–Crippen MR) is 258 cm³/mol. The number of fused-ring (bicyclic) bond motifs is 12. The van der Waals surface area contributed by atoms with Gasteiger partial charge in [0.1, 0.15) is 5.76 Å². The molecule has 10 aromatic carbocycles. The molecule has 2 spiro atoms. The topological polar surface area (TPSA) is 85.8 Å². The van der Waals surface area contributed by atoms with Crippen LogP contribution in [0.5, 0.6) is 0 Å². The lowest BCUT2D eigenvalue weighted by molar-refractivity contribution is -0.109. The van der Waals surface area contributed by atoms with Crippen molar-refractivity contribution in [3.63, 3.8) is 0 Å². The van der Waals surface area contributed by atoms with Crippen molar-refractivity contribution in [1.82, 2.24) is 0 Å². The Morgan fingerprint density at radius 2 is 1.02 bits per heavy atom. The van der Waals surface area contributed by atoms with E-state index < -0.39 is 11.3 Å². The molecule has 2 atom stereocenters. The molecule has 6 heteroatoms. The van der Waals surface area contributed by atoms with Gasteiger partial charge in [-0.05, 0) is 91.0 Å². The lowest BCUT2D eigenvalue weighted by atomic mass is 9.79. The largest absolute Gasteiger partial charge is 0.506 e. The van der Waals surface area contributed by atoms with Crippen LogP contribution in [0.4, 0.5) is 17.1 Å². The number of allylic oxidation sites excluding steroid dienone is 2. The predicted octanol–water partition coefficient (Wildman–Crippen LogP) is 11.6. The van der Waals surface area contributed by atoms with E-state index in [1.54, 1.807) is 0 Å². The van der Waals surface area contributed by atoms with Crippen molar-refractivity contribution in [3.05, 3.63) is 226 Å². The second-order valence-corrected chi connectivity index (χ2v) is 17.7. The number of ketones is 1. The van der Waals surface area contributed by atoms with Gasteiger partial charge in [0.15, 0.2) is 11.3 Å². The van der Waals surface area contributed by atoms with Crippen LogP contribution in [0.2, 0.25) is 0 Å². The first-order chi connectivity index (χ1) is 31.5. The molecule has 0 fully saturated rings. The number of benzene rings is 10. The number of hydrogen-bond donors (Lipinski definition) is 4. The van der Waals surface area contributed by atoms with Crippen LogP contribution in [0.25, 0.3) is 76.5 Å². The molecule has 5 aliphatic rings. The zero-order chi connectivity index (χ0) is 42.1. The molecular weight excluding hydrogens is 785 g/mol. The molecule has 3 aliphatic carbocycles. The molecule has 6 nitrogen and oxygen atoms in total. The average Bonchev–Trinajstić information content (AvgIpc) is 3.73. The average molecular weight is 819 g/mol. The number of carbonyl (C=O) groups is 1. The van der Waals surface area contributed by atoms with E-state index in [9.17, 15) is 5.11 Å². The van der Waals surface area contributed by atoms with Gasteiger partial charge >= 0.3 is 0 Å². The molecule has 0 saturated heterocycles. The van der Waals surface area contributed by atoms with Crippen LogP contribution < -0.4 is 26.5 Å². The minimum absolute atomic E-state index is 0.0182. The summed E-state index contributed by atoms with van der Waals surface area (Å²) in [5.41, 5.74) is 10.8. The lowest BCUT2D eigenvalue weighted by Gasteiger charge is -2.41. The second kappa shape index (κ2) is 11.7. The zero-order valence-electron chi connectivity index (χ0n) is 34.1. The number of anilines is 3. The normalized spacial score (nSPS) is 20.1. The Labute approximate surface area is 366 Å². The summed E-state index contributed by atoms with van der Waals surface area (Å²) in [5.74, 6) is -0.224. The van der Waals surface area contributed by atoms with Crippen LogP contribution in [0.15, 0.2) is 193 Å². The van der Waals surface area contributed by atoms with Gasteiger partial charge < -0.3 is 21.1 Å². The molecule has 2 heterocycles. The van der Waals surface area contributed by atoms with Crippen LogP contribution in [0.1, 0.15) is 27.8 Å². The molecule has 0 bridgehead atoms. The molecular formula is C58H34N4O2. The van der Waals surface area contributed by atoms with E-state index in [1.165, 1.54) is 5.39 Å². The van der Waals surface area contributed by atoms with E-state index in [0.717, 1.165) is 105 Å². The van der Waals surface area contributed by atoms with E-state index in [2.05, 4.69) is 168 Å². The smallest absolute Gasteiger partial charge is 0.201 e. The van der Waals surface area contributed by atoms with E-state index in [-0.39, 0.29) is 11.5 Å². The van der Waals surface area contributed by atoms with Crippen LogP contribution in [0, 0.1) is 0 Å². The summed E-state index contributed by atoms with van der Waals surface area (Å²) in [5, 5.41) is 34.5. The van der Waals surface area contributed by atoms with Gasteiger partial charge in [-0.2, -0.15) is 0 Å². The minimum Gasteiger partial charge on any atom is -0.506 e. The Morgan fingerprint density at radius 3 is 1.77 bits per heavy atom. The maximum absolute atomic E-state index is 15.1. The van der Waals surface area contributed by atoms with Crippen molar-refractivity contribution in [2.24, 2.45) is 4.99 Å². The SMILES string of the molecule is O=C1C(c2ccc3cccc4c3c2NC2(N4)c3ccccc3-c3cc4ccccc4cc32)=C(O)/C1=c1/ccc2cccc3c2c1NC1(N=3)c2ccccc2-c2cc3ccccc3cc21. The van der Waals surface area contributed by atoms with Crippen LogP contribution in [-0.4, -0.2) is 10.9 Å². The van der Waals surface area contributed by atoms with Crippen molar-refractivity contribution in [3.8, 4) is 22.3 Å². The molecule has 0 radical (unpaired) electrons. The van der Waals surface area contributed by atoms with Gasteiger partial charge in [0, 0.05) is 49.5 Å². The summed E-state index contributed by atoms with van der Waals surface area (Å²) in [6.07, 6.45) is 0. The summed E-state index contributed by atoms with van der Waals surface area (Å²) < 4.78 is 0. The third-order valence-electron chi connectivity index (χ3n) is 14.6. The molecule has 298 valence electrons. The van der Waals surface area contributed by atoms with E-state index in [4.69, 9.17) is 4.99 Å². The maximum atomic E-state index is 15.1. The molecule has 2 aliphatic heterocycles. The fraction of sp³-hybridized carbons (Fsp3) is 0.0345. The van der Waals surface area contributed by atoms with Gasteiger partial charge in [0.25, 0.3) is 0 Å². The molecule has 0 saturated carbocycles. The monoisotopic (exact) mass is 818 g/mol. The van der Waals surface area contributed by atoms with Gasteiger partial charge in [-0.3, -0.25) is 4.79 Å². The molecule has 64 heavy (non-hydrogen) atoms. The first kappa shape index (κ1) is 34.1. The zero-order valence-corrected chi connectivity index (χ0v) is 34.1. The van der Waals surface area contributed by atoms with Gasteiger partial charge in [0.05, 0.1) is 27.9 Å². The second-order valence-electron chi connectivity index (χ2n) is 17.7. The highest BCUT2D eigenvalue weighted by Crippen LogP contribution is 2.57. The third-order valence-corrected chi connectivity index (χ3v) is 14.6. The van der Waals surface area contributed by atoms with Crippen molar-refractivity contribution in [2.75, 3.05) is 16.0 Å². The summed E-state index contributed by atoms with van der Waals surface area (Å²) in [6.45, 7) is 0. The van der Waals surface area contributed by atoms with Crippen LogP contribution in [0.3, 0.4) is 0 Å². The number of nitrogens with zero attached hydrogens (tertiary/aromatic N) is 1. The number of rotatable bonds is 1. The third kappa shape index (κ3) is 4.11. The summed E-state index contributed by atoms with van der Waals surface area (Å²) in [4.78, 5) is 20.7. The summed E-state index contributed by atoms with van der Waals surface area (Å²) in [7, 11) is 0. The molecule has 15 rings (SSSR count). The highest BCUT2D eigenvalue weighted by atomic mass is 16.3. The number of aliphatic hydroxyl groups excluding tert-OH is 1. The summed E-state index contributed by atoms with van der Waals surface area (Å²) >= 11 is 0. The highest BCUT2D eigenvalue weighted by molar-refractivity contribution is 6.52. The van der Waals surface area contributed by atoms with E-state index in [0.29, 0.717) is 21.9 Å². The van der Waals surface area contributed by atoms with Gasteiger partial charge in [0.2, 0.25) is 5.78 Å². The van der Waals surface area contributed by atoms with Crippen molar-refractivity contribution in [2.45, 2.75) is 11.3 Å². The number of aliphatic hydroxyl groups is 1. The first-order valence-corrected chi connectivity index (χ1v) is 21.8. The first-order valence-electron chi connectivity index (χ1n) is 21.8. The number of Topliss-reactive ketones (excluding diaryl/α,β-unsaturated/α-hetero) is 1. The van der Waals surface area contributed by atoms with Crippen molar-refractivity contribution >= 4 is 77.1 Å². The van der Waals surface area contributed by atoms with E-state index in [1.807, 2.05) is 30.3 Å². The van der Waals surface area contributed by atoms with Gasteiger partial charge in [-0.25, -0.2) is 4.99 Å². The Kier molecular flexibility index (Phi) is 6.24. The van der Waals surface area contributed by atoms with Gasteiger partial charge in [-0.15, -0.1) is 0 Å². The minimum atomic E-state index is -0.966. The molecule has 4 N–H and O–H groups in total. The highest BCUT2D eigenvalue weighted by Gasteiger charge is 2.49. The quantitative estimate of drug-likeness (QED) is 0.133. The summed E-state index contributed by atoms with van der Waals surface area (Å²) in [6, 6.07) is 63.5. The molecule has 0 amide bonds. The van der Waals surface area contributed by atoms with Gasteiger partial charge in [-0.1, -0.05) is 146 Å². The Bertz CT molecular complexity index is 4060. The molecule has 0 aromatic heterocycles. The van der Waals surface area contributed by atoms with E-state index >= 15 is 4.79 Å². The Morgan fingerprint density at radius 1 is 0.422 bits per heavy atom. The number of hydrogen-bond acceptors (Lipinski definition) is 6. The molecule has 2 unspecified atom stereocenters. The van der Waals surface area contributed by atoms with Crippen molar-refractivity contribution < 1.29 is 9.90 Å². The van der Waals surface area contributed by atoms with Crippen LogP contribution in [-0.2, 0) is 16.1 Å². The van der Waals surface area contributed by atoms with Crippen molar-refractivity contribution in [1.29, 1.82) is 0 Å². The maximum Gasteiger partial charge on any atom is 0.201 e. The number of nitrogens with one attached hydrogen (secondary N) is 3. The fourth-order valence-electron chi connectivity index (χ4n) is 11.8. The lowest BCUT2D eigenvalue weighted by Crippen LogP contribution is -2.45.